The maximum absolute atomic E-state index is 13.8. The lowest BCUT2D eigenvalue weighted by Gasteiger charge is -2.40. The van der Waals surface area contributed by atoms with E-state index in [4.69, 9.17) is 9.47 Å². The Morgan fingerprint density at radius 3 is 2.51 bits per heavy atom. The fourth-order valence-corrected chi connectivity index (χ4v) is 5.21. The van der Waals surface area contributed by atoms with Gasteiger partial charge in [-0.05, 0) is 45.4 Å². The zero-order valence-corrected chi connectivity index (χ0v) is 21.2. The molecule has 0 saturated carbocycles. The maximum atomic E-state index is 13.8. The molecule has 2 aromatic rings. The van der Waals surface area contributed by atoms with E-state index >= 15 is 0 Å². The Kier molecular flexibility index (Phi) is 8.31. The minimum absolute atomic E-state index is 0.0155. The van der Waals surface area contributed by atoms with Crippen molar-refractivity contribution in [2.24, 2.45) is 0 Å². The minimum Gasteiger partial charge on any atom is -0.530 e. The number of carboxylic acid groups (broad SMARTS) is 1. The molecular weight excluding hydrogens is 483 g/mol. The number of hydrogen-bond donors (Lipinski definition) is 0. The number of unbranched alkanes of at least 4 members (excludes halogenated alkanes) is 5. The highest BCUT2D eigenvalue weighted by Gasteiger charge is 2.52. The Bertz CT molecular complexity index is 1030. The van der Waals surface area contributed by atoms with Gasteiger partial charge in [0.25, 0.3) is 0 Å². The highest BCUT2D eigenvalue weighted by atomic mass is 32.1. The summed E-state index contributed by atoms with van der Waals surface area (Å²) >= 11 is 1.02. The van der Waals surface area contributed by atoms with E-state index < -0.39 is 29.1 Å². The van der Waals surface area contributed by atoms with Crippen molar-refractivity contribution in [3.05, 3.63) is 28.8 Å². The molecule has 0 N–H and O–H groups in total. The van der Waals surface area contributed by atoms with Gasteiger partial charge >= 0.3 is 6.18 Å². The van der Waals surface area contributed by atoms with Crippen LogP contribution < -0.4 is 9.84 Å². The van der Waals surface area contributed by atoms with Crippen LogP contribution in [0.2, 0.25) is 0 Å². The highest BCUT2D eigenvalue weighted by Crippen LogP contribution is 2.44. The molecule has 0 aliphatic carbocycles. The molecule has 11 heteroatoms. The fraction of sp³-hybridized carbons (Fsp3) is 0.625. The van der Waals surface area contributed by atoms with E-state index in [0.29, 0.717) is 11.4 Å². The zero-order chi connectivity index (χ0) is 25.9. The molecule has 0 spiro atoms. The summed E-state index contributed by atoms with van der Waals surface area (Å²) in [6.07, 6.45) is 0.00412. The van der Waals surface area contributed by atoms with Crippen LogP contribution in [0.4, 0.5) is 18.0 Å². The van der Waals surface area contributed by atoms with Crippen molar-refractivity contribution >= 4 is 17.4 Å². The number of benzene rings is 1. The SMILES string of the molecule is CCCCCCCCOc1ccc(-c2nnc(C3(C)COC(C)(C)N3C(=O)[O-])s2)cc1C(F)(F)F. The van der Waals surface area contributed by atoms with Crippen molar-refractivity contribution in [3.8, 4) is 16.3 Å². The Morgan fingerprint density at radius 1 is 1.17 bits per heavy atom. The fourth-order valence-electron chi connectivity index (χ4n) is 4.25. The molecule has 2 heterocycles. The molecular formula is C24H31F3N3O4S-. The van der Waals surface area contributed by atoms with Crippen LogP contribution in [0.15, 0.2) is 18.2 Å². The maximum Gasteiger partial charge on any atom is 0.419 e. The number of carbonyl (C=O) groups is 1. The van der Waals surface area contributed by atoms with Gasteiger partial charge in [0, 0.05) is 5.56 Å². The number of carbonyl (C=O) groups excluding carboxylic acids is 1. The molecule has 1 aliphatic rings. The quantitative estimate of drug-likeness (QED) is 0.384. The van der Waals surface area contributed by atoms with Crippen LogP contribution >= 0.6 is 11.3 Å². The van der Waals surface area contributed by atoms with Crippen LogP contribution in [0.25, 0.3) is 10.6 Å². The van der Waals surface area contributed by atoms with Gasteiger partial charge in [-0.15, -0.1) is 10.2 Å². The minimum atomic E-state index is -4.61. The van der Waals surface area contributed by atoms with Crippen molar-refractivity contribution in [1.82, 2.24) is 15.1 Å². The normalized spacial score (nSPS) is 19.8. The van der Waals surface area contributed by atoms with Gasteiger partial charge in [-0.25, -0.2) is 0 Å². The first-order valence-corrected chi connectivity index (χ1v) is 12.6. The predicted octanol–water partition coefficient (Wildman–Crippen LogP) is 5.59. The van der Waals surface area contributed by atoms with Crippen LogP contribution in [0.3, 0.4) is 0 Å². The summed E-state index contributed by atoms with van der Waals surface area (Å²) < 4.78 is 52.5. The third-order valence-corrected chi connectivity index (χ3v) is 7.32. The summed E-state index contributed by atoms with van der Waals surface area (Å²) in [5.74, 6) is -0.222. The number of aromatic nitrogens is 2. The highest BCUT2D eigenvalue weighted by molar-refractivity contribution is 7.14. The molecule has 1 aromatic carbocycles. The number of nitrogens with zero attached hydrogens (tertiary/aromatic N) is 3. The molecule has 1 fully saturated rings. The van der Waals surface area contributed by atoms with Gasteiger partial charge < -0.3 is 24.3 Å². The van der Waals surface area contributed by atoms with Crippen molar-refractivity contribution in [1.29, 1.82) is 0 Å². The molecule has 35 heavy (non-hydrogen) atoms. The standard InChI is InChI=1S/C24H32F3N3O4S/c1-5-6-7-8-9-10-13-33-18-12-11-16(14-17(18)24(25,26)27)19-28-29-20(35-19)23(4)15-34-22(2,3)30(23)21(31)32/h11-12,14H,5-10,13,15H2,1-4H3,(H,31,32)/p-1. The molecule has 1 aromatic heterocycles. The Balaban J connectivity index is 1.79. The van der Waals surface area contributed by atoms with Crippen molar-refractivity contribution in [3.63, 3.8) is 0 Å². The van der Waals surface area contributed by atoms with Crippen LogP contribution in [0.5, 0.6) is 5.75 Å². The monoisotopic (exact) mass is 514 g/mol. The molecule has 0 radical (unpaired) electrons. The molecule has 194 valence electrons. The largest absolute Gasteiger partial charge is 0.530 e. The summed E-state index contributed by atoms with van der Waals surface area (Å²) in [6, 6.07) is 3.80. The summed E-state index contributed by atoms with van der Waals surface area (Å²) in [5.41, 5.74) is -2.98. The van der Waals surface area contributed by atoms with Gasteiger partial charge in [-0.1, -0.05) is 50.4 Å². The van der Waals surface area contributed by atoms with Crippen molar-refractivity contribution < 1.29 is 32.5 Å². The smallest absolute Gasteiger partial charge is 0.419 e. The first-order valence-electron chi connectivity index (χ1n) is 11.7. The second-order valence-electron chi connectivity index (χ2n) is 9.35. The predicted molar refractivity (Wildman–Crippen MR) is 124 cm³/mol. The number of rotatable bonds is 10. The first-order chi connectivity index (χ1) is 16.4. The van der Waals surface area contributed by atoms with Gasteiger partial charge in [0.05, 0.1) is 18.8 Å². The summed E-state index contributed by atoms with van der Waals surface area (Å²) in [7, 11) is 0. The Hall–Kier alpha value is -2.40. The molecule has 0 bridgehead atoms. The molecule has 1 unspecified atom stereocenters. The average molecular weight is 515 g/mol. The number of ether oxygens (including phenoxy) is 2. The Morgan fingerprint density at radius 2 is 1.86 bits per heavy atom. The van der Waals surface area contributed by atoms with Gasteiger partial charge in [0.15, 0.2) is 0 Å². The second kappa shape index (κ2) is 10.7. The summed E-state index contributed by atoms with van der Waals surface area (Å²) in [4.78, 5) is 12.8. The molecule has 1 amide bonds. The van der Waals surface area contributed by atoms with Gasteiger partial charge in [-0.2, -0.15) is 13.2 Å². The number of halogens is 3. The van der Waals surface area contributed by atoms with E-state index in [-0.39, 0.29) is 29.5 Å². The number of hydrogen-bond acceptors (Lipinski definition) is 7. The lowest BCUT2D eigenvalue weighted by molar-refractivity contribution is -0.279. The average Bonchev–Trinajstić information content (AvgIpc) is 3.36. The topological polar surface area (TPSA) is 87.6 Å². The number of alkyl halides is 3. The van der Waals surface area contributed by atoms with E-state index in [0.717, 1.165) is 54.4 Å². The summed E-state index contributed by atoms with van der Waals surface area (Å²) in [6.45, 7) is 7.17. The molecule has 1 atom stereocenters. The van der Waals surface area contributed by atoms with E-state index in [2.05, 4.69) is 17.1 Å². The van der Waals surface area contributed by atoms with E-state index in [9.17, 15) is 23.1 Å². The van der Waals surface area contributed by atoms with Gasteiger partial charge in [-0.3, -0.25) is 0 Å². The van der Waals surface area contributed by atoms with Gasteiger partial charge in [0.2, 0.25) is 0 Å². The van der Waals surface area contributed by atoms with Gasteiger partial charge in [0.1, 0.15) is 33.1 Å². The van der Waals surface area contributed by atoms with Crippen LogP contribution in [-0.2, 0) is 16.5 Å². The molecule has 7 nitrogen and oxygen atoms in total. The zero-order valence-electron chi connectivity index (χ0n) is 20.4. The molecule has 3 rings (SSSR count). The molecule has 1 saturated heterocycles. The summed E-state index contributed by atoms with van der Waals surface area (Å²) in [5, 5.41) is 20.5. The van der Waals surface area contributed by atoms with Crippen molar-refractivity contribution in [2.45, 2.75) is 83.7 Å². The van der Waals surface area contributed by atoms with Crippen molar-refractivity contribution in [2.75, 3.05) is 13.2 Å². The van der Waals surface area contributed by atoms with Crippen LogP contribution in [0, 0.1) is 0 Å². The lowest BCUT2D eigenvalue weighted by atomic mass is 10.0. The third-order valence-electron chi connectivity index (χ3n) is 6.09. The van der Waals surface area contributed by atoms with E-state index in [1.807, 2.05) is 0 Å². The molecule has 1 aliphatic heterocycles. The van der Waals surface area contributed by atoms with Crippen LogP contribution in [0.1, 0.15) is 76.8 Å². The van der Waals surface area contributed by atoms with Crippen LogP contribution in [-0.4, -0.2) is 40.1 Å². The second-order valence-corrected chi connectivity index (χ2v) is 10.3. The first kappa shape index (κ1) is 27.2. The third kappa shape index (κ3) is 6.06. The lowest BCUT2D eigenvalue weighted by Crippen LogP contribution is -2.57. The van der Waals surface area contributed by atoms with E-state index in [1.165, 1.54) is 12.1 Å². The number of amides is 1. The van der Waals surface area contributed by atoms with E-state index in [1.54, 1.807) is 20.8 Å². The Labute approximate surface area is 207 Å².